The third-order valence-electron chi connectivity index (χ3n) is 6.19. The standard InChI is InChI=1S/C28H25N3O6/c1-35-20-13-11-19(12-14-20)23-15-22(18-7-3-2-4-8-18)30-31(23)26(32)17-36-27(33)16-25-28(34)29-21-9-5-6-10-24(21)37-25/h2-14,23,25H,15-17H2,1H3,(H,29,34). The molecule has 0 spiro atoms. The minimum atomic E-state index is -1.04. The van der Waals surface area contributed by atoms with E-state index in [0.717, 1.165) is 16.8 Å². The van der Waals surface area contributed by atoms with E-state index in [4.69, 9.17) is 14.2 Å². The lowest BCUT2D eigenvalue weighted by atomic mass is 9.98. The number of carbonyl (C=O) groups is 3. The first-order valence-corrected chi connectivity index (χ1v) is 11.8. The smallest absolute Gasteiger partial charge is 0.310 e. The Morgan fingerprint density at radius 1 is 1.03 bits per heavy atom. The van der Waals surface area contributed by atoms with Gasteiger partial charge in [-0.1, -0.05) is 54.6 Å². The summed E-state index contributed by atoms with van der Waals surface area (Å²) >= 11 is 0. The second kappa shape index (κ2) is 10.5. The monoisotopic (exact) mass is 499 g/mol. The highest BCUT2D eigenvalue weighted by Crippen LogP contribution is 2.34. The number of benzene rings is 3. The summed E-state index contributed by atoms with van der Waals surface area (Å²) in [5.41, 5.74) is 3.08. The van der Waals surface area contributed by atoms with Crippen molar-refractivity contribution in [1.29, 1.82) is 0 Å². The average Bonchev–Trinajstić information content (AvgIpc) is 3.38. The summed E-state index contributed by atoms with van der Waals surface area (Å²) in [7, 11) is 1.59. The zero-order chi connectivity index (χ0) is 25.8. The molecule has 2 aliphatic heterocycles. The number of fused-ring (bicyclic) bond motifs is 1. The zero-order valence-electron chi connectivity index (χ0n) is 20.1. The van der Waals surface area contributed by atoms with Crippen molar-refractivity contribution in [3.8, 4) is 11.5 Å². The van der Waals surface area contributed by atoms with E-state index in [1.54, 1.807) is 31.4 Å². The van der Waals surface area contributed by atoms with Crippen LogP contribution in [0.1, 0.15) is 30.0 Å². The van der Waals surface area contributed by atoms with Crippen LogP contribution in [0.4, 0.5) is 5.69 Å². The Balaban J connectivity index is 1.26. The Labute approximate surface area is 213 Å². The summed E-state index contributed by atoms with van der Waals surface area (Å²) in [6, 6.07) is 23.6. The van der Waals surface area contributed by atoms with Gasteiger partial charge in [0.05, 0.1) is 31.0 Å². The predicted molar refractivity (Wildman–Crippen MR) is 135 cm³/mol. The molecule has 1 N–H and O–H groups in total. The first-order chi connectivity index (χ1) is 18.0. The maximum Gasteiger partial charge on any atom is 0.310 e. The van der Waals surface area contributed by atoms with Gasteiger partial charge in [0.2, 0.25) is 0 Å². The lowest BCUT2D eigenvalue weighted by Crippen LogP contribution is -2.39. The summed E-state index contributed by atoms with van der Waals surface area (Å²) in [5, 5.41) is 8.64. The van der Waals surface area contributed by atoms with E-state index in [1.807, 2.05) is 54.6 Å². The Bertz CT molecular complexity index is 1340. The van der Waals surface area contributed by atoms with Crippen LogP contribution in [0.3, 0.4) is 0 Å². The lowest BCUT2D eigenvalue weighted by molar-refractivity contribution is -0.155. The van der Waals surface area contributed by atoms with E-state index in [9.17, 15) is 14.4 Å². The van der Waals surface area contributed by atoms with Crippen LogP contribution < -0.4 is 14.8 Å². The summed E-state index contributed by atoms with van der Waals surface area (Å²) in [6.07, 6.45) is -0.863. The van der Waals surface area contributed by atoms with Crippen LogP contribution in [0, 0.1) is 0 Å². The number of hydrogen-bond acceptors (Lipinski definition) is 7. The molecule has 0 aliphatic carbocycles. The van der Waals surface area contributed by atoms with E-state index >= 15 is 0 Å². The highest BCUT2D eigenvalue weighted by molar-refractivity contribution is 6.03. The molecule has 3 aromatic carbocycles. The van der Waals surface area contributed by atoms with Crippen molar-refractivity contribution in [2.75, 3.05) is 19.0 Å². The fourth-order valence-corrected chi connectivity index (χ4v) is 4.28. The largest absolute Gasteiger partial charge is 0.497 e. The molecular weight excluding hydrogens is 474 g/mol. The molecule has 37 heavy (non-hydrogen) atoms. The van der Waals surface area contributed by atoms with Gasteiger partial charge in [0.25, 0.3) is 11.8 Å². The van der Waals surface area contributed by atoms with Gasteiger partial charge in [0, 0.05) is 6.42 Å². The van der Waals surface area contributed by atoms with Gasteiger partial charge in [-0.25, -0.2) is 5.01 Å². The van der Waals surface area contributed by atoms with Crippen LogP contribution >= 0.6 is 0 Å². The van der Waals surface area contributed by atoms with Crippen LogP contribution in [0.25, 0.3) is 0 Å². The van der Waals surface area contributed by atoms with E-state index in [2.05, 4.69) is 10.4 Å². The van der Waals surface area contributed by atoms with Crippen molar-refractivity contribution in [2.24, 2.45) is 5.10 Å². The molecule has 9 nitrogen and oxygen atoms in total. The number of hydrogen-bond donors (Lipinski definition) is 1. The van der Waals surface area contributed by atoms with Crippen LogP contribution in [0.5, 0.6) is 11.5 Å². The van der Waals surface area contributed by atoms with Crippen molar-refractivity contribution in [3.63, 3.8) is 0 Å². The van der Waals surface area contributed by atoms with Gasteiger partial charge in [-0.3, -0.25) is 14.4 Å². The molecule has 2 aliphatic rings. The van der Waals surface area contributed by atoms with Gasteiger partial charge >= 0.3 is 5.97 Å². The SMILES string of the molecule is COc1ccc(C2CC(c3ccccc3)=NN2C(=O)COC(=O)CC2Oc3ccccc3NC2=O)cc1. The first kappa shape index (κ1) is 24.1. The summed E-state index contributed by atoms with van der Waals surface area (Å²) in [6.45, 7) is -0.512. The molecule has 5 rings (SSSR count). The number of nitrogens with one attached hydrogen (secondary N) is 1. The van der Waals surface area contributed by atoms with Gasteiger partial charge in [-0.05, 0) is 35.4 Å². The topological polar surface area (TPSA) is 107 Å². The summed E-state index contributed by atoms with van der Waals surface area (Å²) in [5.74, 6) is -0.467. The number of methoxy groups -OCH3 is 1. The second-order valence-electron chi connectivity index (χ2n) is 8.60. The lowest BCUT2D eigenvalue weighted by Gasteiger charge is -2.25. The second-order valence-corrected chi connectivity index (χ2v) is 8.60. The van der Waals surface area contributed by atoms with Crippen molar-refractivity contribution >= 4 is 29.2 Å². The van der Waals surface area contributed by atoms with Crippen molar-refractivity contribution in [2.45, 2.75) is 25.0 Å². The number of ether oxygens (including phenoxy) is 3. The molecule has 0 saturated carbocycles. The fourth-order valence-electron chi connectivity index (χ4n) is 4.28. The predicted octanol–water partition coefficient (Wildman–Crippen LogP) is 3.71. The molecule has 2 unspecified atom stereocenters. The number of hydrazone groups is 1. The maximum absolute atomic E-state index is 13.2. The van der Waals surface area contributed by atoms with Gasteiger partial charge in [-0.2, -0.15) is 5.10 Å². The number of amides is 2. The van der Waals surface area contributed by atoms with Gasteiger partial charge in [-0.15, -0.1) is 0 Å². The van der Waals surface area contributed by atoms with Crippen LogP contribution in [0.15, 0.2) is 84.0 Å². The third-order valence-corrected chi connectivity index (χ3v) is 6.19. The molecule has 0 saturated heterocycles. The van der Waals surface area contributed by atoms with E-state index in [0.29, 0.717) is 23.6 Å². The van der Waals surface area contributed by atoms with E-state index < -0.39 is 30.5 Å². The zero-order valence-corrected chi connectivity index (χ0v) is 20.1. The normalized spacial score (nSPS) is 18.2. The van der Waals surface area contributed by atoms with Crippen LogP contribution in [0.2, 0.25) is 0 Å². The third kappa shape index (κ3) is 5.30. The average molecular weight is 500 g/mol. The fraction of sp³-hybridized carbons (Fsp3) is 0.214. The quantitative estimate of drug-likeness (QED) is 0.497. The Morgan fingerprint density at radius 2 is 1.76 bits per heavy atom. The molecule has 2 atom stereocenters. The number of anilines is 1. The van der Waals surface area contributed by atoms with E-state index in [-0.39, 0.29) is 12.5 Å². The van der Waals surface area contributed by atoms with Gasteiger partial charge in [0.1, 0.15) is 11.5 Å². The molecule has 3 aromatic rings. The molecule has 0 bridgehead atoms. The van der Waals surface area contributed by atoms with E-state index in [1.165, 1.54) is 5.01 Å². The Kier molecular flexibility index (Phi) is 6.85. The molecule has 9 heteroatoms. The number of esters is 1. The molecule has 0 radical (unpaired) electrons. The summed E-state index contributed by atoms with van der Waals surface area (Å²) < 4.78 is 16.1. The first-order valence-electron chi connectivity index (χ1n) is 11.8. The molecule has 2 amide bonds. The molecule has 0 aromatic heterocycles. The van der Waals surface area contributed by atoms with Crippen LogP contribution in [-0.4, -0.2) is 48.3 Å². The molecule has 188 valence electrons. The number of rotatable bonds is 7. The summed E-state index contributed by atoms with van der Waals surface area (Å²) in [4.78, 5) is 38.0. The molecule has 2 heterocycles. The van der Waals surface area contributed by atoms with Crippen molar-refractivity contribution in [1.82, 2.24) is 5.01 Å². The number of para-hydroxylation sites is 2. The van der Waals surface area contributed by atoms with Gasteiger partial charge < -0.3 is 19.5 Å². The maximum atomic E-state index is 13.2. The van der Waals surface area contributed by atoms with Crippen molar-refractivity contribution < 1.29 is 28.6 Å². The molecular formula is C28H25N3O6. The molecule has 0 fully saturated rings. The van der Waals surface area contributed by atoms with Gasteiger partial charge in [0.15, 0.2) is 12.7 Å². The van der Waals surface area contributed by atoms with Crippen molar-refractivity contribution in [3.05, 3.63) is 90.0 Å². The number of nitrogens with zero attached hydrogens (tertiary/aromatic N) is 2. The minimum absolute atomic E-state index is 0.326. The Hall–Kier alpha value is -4.66. The number of carbonyl (C=O) groups excluding carboxylic acids is 3. The highest BCUT2D eigenvalue weighted by Gasteiger charge is 2.34. The van der Waals surface area contributed by atoms with Crippen LogP contribution in [-0.2, 0) is 19.1 Å². The Morgan fingerprint density at radius 3 is 2.51 bits per heavy atom. The minimum Gasteiger partial charge on any atom is -0.497 e. The highest BCUT2D eigenvalue weighted by atomic mass is 16.5.